The maximum absolute atomic E-state index is 12.0. The molecule has 0 radical (unpaired) electrons. The molecule has 0 aliphatic rings. The van der Waals surface area contributed by atoms with Crippen molar-refractivity contribution in [3.63, 3.8) is 0 Å². The maximum atomic E-state index is 12.0. The van der Waals surface area contributed by atoms with E-state index in [1.165, 1.54) is 0 Å². The van der Waals surface area contributed by atoms with Gasteiger partial charge < -0.3 is 15.8 Å². The second kappa shape index (κ2) is 7.97. The first-order valence-electron chi connectivity index (χ1n) is 8.15. The second-order valence-corrected chi connectivity index (χ2v) is 6.98. The van der Waals surface area contributed by atoms with E-state index in [0.29, 0.717) is 13.2 Å². The normalized spacial score (nSPS) is 12.5. The van der Waals surface area contributed by atoms with Crippen molar-refractivity contribution in [3.05, 3.63) is 65.7 Å². The van der Waals surface area contributed by atoms with E-state index >= 15 is 0 Å². The maximum Gasteiger partial charge on any atom is 0.237 e. The smallest absolute Gasteiger partial charge is 0.237 e. The SMILES string of the molecule is CC(C)(C)[C@H](N)C(=O)NCc1ccc(OCc2ccccc2)cc1. The summed E-state index contributed by atoms with van der Waals surface area (Å²) in [5.74, 6) is 0.673. The Hall–Kier alpha value is -2.33. The summed E-state index contributed by atoms with van der Waals surface area (Å²) in [6.45, 7) is 6.86. The van der Waals surface area contributed by atoms with E-state index in [0.717, 1.165) is 16.9 Å². The van der Waals surface area contributed by atoms with Crippen molar-refractivity contribution in [1.82, 2.24) is 5.32 Å². The van der Waals surface area contributed by atoms with Gasteiger partial charge in [0.05, 0.1) is 6.04 Å². The molecule has 0 bridgehead atoms. The monoisotopic (exact) mass is 326 g/mol. The summed E-state index contributed by atoms with van der Waals surface area (Å²) in [7, 11) is 0. The summed E-state index contributed by atoms with van der Waals surface area (Å²) < 4.78 is 5.75. The van der Waals surface area contributed by atoms with E-state index in [4.69, 9.17) is 10.5 Å². The Morgan fingerprint density at radius 3 is 2.25 bits per heavy atom. The zero-order valence-corrected chi connectivity index (χ0v) is 14.6. The van der Waals surface area contributed by atoms with Gasteiger partial charge in [0.1, 0.15) is 12.4 Å². The van der Waals surface area contributed by atoms with Crippen LogP contribution < -0.4 is 15.8 Å². The van der Waals surface area contributed by atoms with E-state index in [1.54, 1.807) is 0 Å². The molecule has 3 N–H and O–H groups in total. The molecule has 2 rings (SSSR count). The largest absolute Gasteiger partial charge is 0.489 e. The first-order valence-corrected chi connectivity index (χ1v) is 8.15. The van der Waals surface area contributed by atoms with Gasteiger partial charge in [0.15, 0.2) is 0 Å². The summed E-state index contributed by atoms with van der Waals surface area (Å²) in [5, 5.41) is 2.88. The molecule has 128 valence electrons. The molecule has 1 amide bonds. The van der Waals surface area contributed by atoms with E-state index in [-0.39, 0.29) is 11.3 Å². The fourth-order valence-electron chi connectivity index (χ4n) is 2.14. The summed E-state index contributed by atoms with van der Waals surface area (Å²) >= 11 is 0. The Morgan fingerprint density at radius 1 is 1.04 bits per heavy atom. The van der Waals surface area contributed by atoms with Crippen molar-refractivity contribution in [2.24, 2.45) is 11.1 Å². The molecule has 0 fully saturated rings. The van der Waals surface area contributed by atoms with Crippen molar-refractivity contribution in [3.8, 4) is 5.75 Å². The van der Waals surface area contributed by atoms with Crippen LogP contribution in [0.3, 0.4) is 0 Å². The average molecular weight is 326 g/mol. The van der Waals surface area contributed by atoms with Crippen molar-refractivity contribution in [2.45, 2.75) is 40.0 Å². The highest BCUT2D eigenvalue weighted by Crippen LogP contribution is 2.18. The zero-order valence-electron chi connectivity index (χ0n) is 14.6. The van der Waals surface area contributed by atoms with Crippen LogP contribution in [0.4, 0.5) is 0 Å². The minimum atomic E-state index is -0.522. The minimum Gasteiger partial charge on any atom is -0.489 e. The first kappa shape index (κ1) is 18.0. The first-order chi connectivity index (χ1) is 11.4. The van der Waals surface area contributed by atoms with E-state index in [9.17, 15) is 4.79 Å². The van der Waals surface area contributed by atoms with Crippen molar-refractivity contribution in [2.75, 3.05) is 0 Å². The van der Waals surface area contributed by atoms with Gasteiger partial charge in [-0.2, -0.15) is 0 Å². The molecule has 2 aromatic rings. The fraction of sp³-hybridized carbons (Fsp3) is 0.350. The van der Waals surface area contributed by atoms with Crippen LogP contribution in [-0.4, -0.2) is 11.9 Å². The third kappa shape index (κ3) is 5.39. The van der Waals surface area contributed by atoms with Crippen LogP contribution in [0, 0.1) is 5.41 Å². The molecule has 0 aliphatic carbocycles. The molecule has 0 unspecified atom stereocenters. The molecule has 0 spiro atoms. The fourth-order valence-corrected chi connectivity index (χ4v) is 2.14. The summed E-state index contributed by atoms with van der Waals surface area (Å²) in [4.78, 5) is 12.0. The number of amides is 1. The Bertz CT molecular complexity index is 646. The number of ether oxygens (including phenoxy) is 1. The summed E-state index contributed by atoms with van der Waals surface area (Å²) in [6, 6.07) is 17.2. The third-order valence-corrected chi connectivity index (χ3v) is 3.85. The van der Waals surface area contributed by atoms with Crippen LogP contribution in [0.25, 0.3) is 0 Å². The second-order valence-electron chi connectivity index (χ2n) is 6.98. The average Bonchev–Trinajstić information content (AvgIpc) is 2.58. The van der Waals surface area contributed by atoms with Crippen LogP contribution in [0.1, 0.15) is 31.9 Å². The molecule has 2 aromatic carbocycles. The van der Waals surface area contributed by atoms with E-state index < -0.39 is 6.04 Å². The Kier molecular flexibility index (Phi) is 5.99. The Labute approximate surface area is 144 Å². The number of nitrogens with two attached hydrogens (primary N) is 1. The third-order valence-electron chi connectivity index (χ3n) is 3.85. The lowest BCUT2D eigenvalue weighted by Crippen LogP contribution is -2.48. The predicted octanol–water partition coefficient (Wildman–Crippen LogP) is 3.26. The molecular weight excluding hydrogens is 300 g/mol. The number of nitrogens with one attached hydrogen (secondary N) is 1. The standard InChI is InChI=1S/C20H26N2O2/c1-20(2,3)18(21)19(23)22-13-15-9-11-17(12-10-15)24-14-16-7-5-4-6-8-16/h4-12,18H,13-14,21H2,1-3H3,(H,22,23)/t18-/m1/s1. The quantitative estimate of drug-likeness (QED) is 0.856. The molecule has 24 heavy (non-hydrogen) atoms. The molecule has 1 atom stereocenters. The molecule has 0 saturated heterocycles. The lowest BCUT2D eigenvalue weighted by atomic mass is 9.87. The number of rotatable bonds is 6. The molecule has 0 aromatic heterocycles. The number of carbonyl (C=O) groups is 1. The van der Waals surface area contributed by atoms with Gasteiger partial charge in [0, 0.05) is 6.54 Å². The van der Waals surface area contributed by atoms with Gasteiger partial charge >= 0.3 is 0 Å². The highest BCUT2D eigenvalue weighted by Gasteiger charge is 2.26. The van der Waals surface area contributed by atoms with E-state index in [2.05, 4.69) is 5.32 Å². The number of hydrogen-bond acceptors (Lipinski definition) is 3. The predicted molar refractivity (Wildman–Crippen MR) is 96.5 cm³/mol. The topological polar surface area (TPSA) is 64.4 Å². The summed E-state index contributed by atoms with van der Waals surface area (Å²) in [6.07, 6.45) is 0. The van der Waals surface area contributed by atoms with Crippen molar-refractivity contribution >= 4 is 5.91 Å². The van der Waals surface area contributed by atoms with Crippen LogP contribution in [-0.2, 0) is 17.9 Å². The van der Waals surface area contributed by atoms with Crippen LogP contribution in [0.15, 0.2) is 54.6 Å². The van der Waals surface area contributed by atoms with Gasteiger partial charge in [0.25, 0.3) is 0 Å². The zero-order chi connectivity index (χ0) is 17.6. The van der Waals surface area contributed by atoms with Gasteiger partial charge in [-0.05, 0) is 28.7 Å². The van der Waals surface area contributed by atoms with Gasteiger partial charge in [0.2, 0.25) is 5.91 Å². The van der Waals surface area contributed by atoms with Crippen molar-refractivity contribution in [1.29, 1.82) is 0 Å². The minimum absolute atomic E-state index is 0.132. The molecule has 4 nitrogen and oxygen atoms in total. The van der Waals surface area contributed by atoms with Crippen LogP contribution in [0.2, 0.25) is 0 Å². The van der Waals surface area contributed by atoms with Crippen LogP contribution in [0.5, 0.6) is 5.75 Å². The van der Waals surface area contributed by atoms with Gasteiger partial charge in [-0.3, -0.25) is 4.79 Å². The highest BCUT2D eigenvalue weighted by molar-refractivity contribution is 5.82. The van der Waals surface area contributed by atoms with Crippen molar-refractivity contribution < 1.29 is 9.53 Å². The van der Waals surface area contributed by atoms with E-state index in [1.807, 2.05) is 75.4 Å². The van der Waals surface area contributed by atoms with Gasteiger partial charge in [-0.15, -0.1) is 0 Å². The van der Waals surface area contributed by atoms with Crippen LogP contribution >= 0.6 is 0 Å². The Morgan fingerprint density at radius 2 is 1.67 bits per heavy atom. The molecule has 0 saturated carbocycles. The number of carbonyl (C=O) groups excluding carboxylic acids is 1. The molecule has 0 heterocycles. The molecule has 4 heteroatoms. The number of hydrogen-bond donors (Lipinski definition) is 2. The summed E-state index contributed by atoms with van der Waals surface area (Å²) in [5.41, 5.74) is 7.83. The lowest BCUT2D eigenvalue weighted by Gasteiger charge is -2.25. The molecular formula is C20H26N2O2. The highest BCUT2D eigenvalue weighted by atomic mass is 16.5. The lowest BCUT2D eigenvalue weighted by molar-refractivity contribution is -0.124. The van der Waals surface area contributed by atoms with Gasteiger partial charge in [-0.1, -0.05) is 63.2 Å². The molecule has 0 aliphatic heterocycles. The van der Waals surface area contributed by atoms with Gasteiger partial charge in [-0.25, -0.2) is 0 Å². The Balaban J connectivity index is 1.83. The number of benzene rings is 2.